The van der Waals surface area contributed by atoms with Crippen LogP contribution >= 0.6 is 11.8 Å². The van der Waals surface area contributed by atoms with E-state index >= 15 is 0 Å². The van der Waals surface area contributed by atoms with Gasteiger partial charge in [0.05, 0.1) is 6.54 Å². The van der Waals surface area contributed by atoms with Crippen molar-refractivity contribution in [2.24, 2.45) is 0 Å². The van der Waals surface area contributed by atoms with Gasteiger partial charge in [0.2, 0.25) is 0 Å². The second-order valence-corrected chi connectivity index (χ2v) is 5.91. The second-order valence-electron chi connectivity index (χ2n) is 4.76. The summed E-state index contributed by atoms with van der Waals surface area (Å²) in [4.78, 5) is 2.42. The average molecular weight is 254 g/mol. The van der Waals surface area contributed by atoms with E-state index in [4.69, 9.17) is 4.42 Å². The van der Waals surface area contributed by atoms with Gasteiger partial charge >= 0.3 is 0 Å². The molecule has 1 N–H and O–H groups in total. The Hall–Kier alpha value is -0.450. The van der Waals surface area contributed by atoms with Crippen LogP contribution in [0.3, 0.4) is 0 Å². The molecule has 1 aromatic heterocycles. The van der Waals surface area contributed by atoms with E-state index in [9.17, 15) is 0 Å². The van der Waals surface area contributed by atoms with Gasteiger partial charge in [-0.3, -0.25) is 4.90 Å². The normalized spacial score (nSPS) is 20.4. The third kappa shape index (κ3) is 3.27. The molecule has 2 rings (SSSR count). The standard InChI is InChI=1S/C13H22N2OS/c1-10-11(7-14-2)6-13(16-10)8-15(3)12-4-5-17-9-12/h6,12,14H,4-5,7-9H2,1-3H3. The van der Waals surface area contributed by atoms with Gasteiger partial charge in [0.25, 0.3) is 0 Å². The zero-order chi connectivity index (χ0) is 12.3. The largest absolute Gasteiger partial charge is 0.465 e. The van der Waals surface area contributed by atoms with Gasteiger partial charge in [0, 0.05) is 23.9 Å². The molecule has 4 heteroatoms. The van der Waals surface area contributed by atoms with Crippen molar-refractivity contribution in [3.05, 3.63) is 23.2 Å². The van der Waals surface area contributed by atoms with Gasteiger partial charge in [-0.1, -0.05) is 0 Å². The summed E-state index contributed by atoms with van der Waals surface area (Å²) in [5, 5.41) is 3.17. The zero-order valence-corrected chi connectivity index (χ0v) is 11.8. The van der Waals surface area contributed by atoms with Crippen LogP contribution in [0, 0.1) is 6.92 Å². The van der Waals surface area contributed by atoms with E-state index in [1.165, 1.54) is 23.5 Å². The highest BCUT2D eigenvalue weighted by Gasteiger charge is 2.21. The van der Waals surface area contributed by atoms with Crippen LogP contribution in [-0.4, -0.2) is 36.5 Å². The number of hydrogen-bond acceptors (Lipinski definition) is 4. The maximum Gasteiger partial charge on any atom is 0.118 e. The van der Waals surface area contributed by atoms with E-state index in [-0.39, 0.29) is 0 Å². The number of aryl methyl sites for hydroxylation is 1. The smallest absolute Gasteiger partial charge is 0.118 e. The zero-order valence-electron chi connectivity index (χ0n) is 11.0. The van der Waals surface area contributed by atoms with Gasteiger partial charge in [-0.05, 0) is 39.3 Å². The van der Waals surface area contributed by atoms with Crippen LogP contribution in [0.2, 0.25) is 0 Å². The minimum atomic E-state index is 0.721. The quantitative estimate of drug-likeness (QED) is 0.872. The Bertz CT molecular complexity index is 358. The van der Waals surface area contributed by atoms with Crippen LogP contribution in [-0.2, 0) is 13.1 Å². The summed E-state index contributed by atoms with van der Waals surface area (Å²) in [6.07, 6.45) is 1.31. The molecule has 1 saturated heterocycles. The first-order chi connectivity index (χ1) is 8.20. The molecule has 0 radical (unpaired) electrons. The molecule has 1 fully saturated rings. The molecule has 0 spiro atoms. The molecular weight excluding hydrogens is 232 g/mol. The fourth-order valence-electron chi connectivity index (χ4n) is 2.28. The number of rotatable bonds is 5. The molecule has 0 saturated carbocycles. The number of nitrogens with zero attached hydrogens (tertiary/aromatic N) is 1. The molecule has 1 aromatic rings. The molecule has 1 aliphatic heterocycles. The van der Waals surface area contributed by atoms with Gasteiger partial charge in [-0.15, -0.1) is 0 Å². The minimum Gasteiger partial charge on any atom is -0.465 e. The van der Waals surface area contributed by atoms with Crippen molar-refractivity contribution in [3.63, 3.8) is 0 Å². The first-order valence-corrected chi connectivity index (χ1v) is 7.37. The van der Waals surface area contributed by atoms with Crippen molar-refractivity contribution in [1.82, 2.24) is 10.2 Å². The van der Waals surface area contributed by atoms with Gasteiger partial charge in [-0.25, -0.2) is 0 Å². The van der Waals surface area contributed by atoms with Crippen LogP contribution in [0.1, 0.15) is 23.5 Å². The van der Waals surface area contributed by atoms with E-state index < -0.39 is 0 Å². The molecule has 17 heavy (non-hydrogen) atoms. The van der Waals surface area contributed by atoms with Crippen LogP contribution in [0.5, 0.6) is 0 Å². The molecule has 0 aliphatic carbocycles. The van der Waals surface area contributed by atoms with Crippen molar-refractivity contribution in [2.75, 3.05) is 25.6 Å². The van der Waals surface area contributed by atoms with Crippen LogP contribution in [0.15, 0.2) is 10.5 Å². The highest BCUT2D eigenvalue weighted by atomic mass is 32.2. The second kappa shape index (κ2) is 5.94. The lowest BCUT2D eigenvalue weighted by Crippen LogP contribution is -2.30. The lowest BCUT2D eigenvalue weighted by Gasteiger charge is -2.21. The SMILES string of the molecule is CNCc1cc(CN(C)C2CCSC2)oc1C. The molecule has 1 atom stereocenters. The van der Waals surface area contributed by atoms with Gasteiger partial charge in [0.1, 0.15) is 11.5 Å². The predicted octanol–water partition coefficient (Wildman–Crippen LogP) is 2.24. The third-order valence-corrected chi connectivity index (χ3v) is 4.52. The minimum absolute atomic E-state index is 0.721. The monoisotopic (exact) mass is 254 g/mol. The number of nitrogens with one attached hydrogen (secondary N) is 1. The molecule has 0 aromatic carbocycles. The maximum atomic E-state index is 5.81. The first kappa shape index (κ1) is 13.0. The molecule has 1 unspecified atom stereocenters. The Morgan fingerprint density at radius 3 is 3.06 bits per heavy atom. The number of thioether (sulfide) groups is 1. The fourth-order valence-corrected chi connectivity index (χ4v) is 3.57. The first-order valence-electron chi connectivity index (χ1n) is 6.21. The molecular formula is C13H22N2OS. The predicted molar refractivity (Wildman–Crippen MR) is 73.4 cm³/mol. The highest BCUT2D eigenvalue weighted by molar-refractivity contribution is 7.99. The van der Waals surface area contributed by atoms with E-state index in [1.54, 1.807) is 0 Å². The summed E-state index contributed by atoms with van der Waals surface area (Å²) in [7, 11) is 4.17. The summed E-state index contributed by atoms with van der Waals surface area (Å²) in [6, 6.07) is 2.91. The van der Waals surface area contributed by atoms with Crippen molar-refractivity contribution >= 4 is 11.8 Å². The molecule has 96 valence electrons. The van der Waals surface area contributed by atoms with E-state index in [0.29, 0.717) is 0 Å². The molecule has 3 nitrogen and oxygen atoms in total. The third-order valence-electron chi connectivity index (χ3n) is 3.37. The van der Waals surface area contributed by atoms with Gasteiger partial charge < -0.3 is 9.73 Å². The lowest BCUT2D eigenvalue weighted by atomic mass is 10.2. The van der Waals surface area contributed by atoms with Crippen LogP contribution in [0.25, 0.3) is 0 Å². The van der Waals surface area contributed by atoms with Gasteiger partial charge in [0.15, 0.2) is 0 Å². The highest BCUT2D eigenvalue weighted by Crippen LogP contribution is 2.23. The average Bonchev–Trinajstić information content (AvgIpc) is 2.90. The van der Waals surface area contributed by atoms with Crippen molar-refractivity contribution in [1.29, 1.82) is 0 Å². The molecule has 0 bridgehead atoms. The topological polar surface area (TPSA) is 28.4 Å². The Morgan fingerprint density at radius 2 is 2.41 bits per heavy atom. The Morgan fingerprint density at radius 1 is 1.59 bits per heavy atom. The fraction of sp³-hybridized carbons (Fsp3) is 0.692. The molecule has 0 amide bonds. The summed E-state index contributed by atoms with van der Waals surface area (Å²) >= 11 is 2.06. The summed E-state index contributed by atoms with van der Waals surface area (Å²) in [5.74, 6) is 4.70. The van der Waals surface area contributed by atoms with Crippen LogP contribution in [0.4, 0.5) is 0 Å². The number of furan rings is 1. The van der Waals surface area contributed by atoms with Crippen molar-refractivity contribution in [2.45, 2.75) is 32.5 Å². The Kier molecular flexibility index (Phi) is 4.54. The Labute approximate surface area is 108 Å². The molecule has 2 heterocycles. The van der Waals surface area contributed by atoms with Crippen molar-refractivity contribution < 1.29 is 4.42 Å². The summed E-state index contributed by atoms with van der Waals surface area (Å²) < 4.78 is 5.81. The van der Waals surface area contributed by atoms with E-state index in [0.717, 1.165) is 30.7 Å². The van der Waals surface area contributed by atoms with E-state index in [2.05, 4.69) is 35.1 Å². The number of hydrogen-bond donors (Lipinski definition) is 1. The summed E-state index contributed by atoms with van der Waals surface area (Å²) in [6.45, 7) is 3.86. The van der Waals surface area contributed by atoms with Gasteiger partial charge in [-0.2, -0.15) is 11.8 Å². The summed E-state index contributed by atoms with van der Waals surface area (Å²) in [5.41, 5.74) is 1.27. The molecule has 1 aliphatic rings. The lowest BCUT2D eigenvalue weighted by molar-refractivity contribution is 0.233. The maximum absolute atomic E-state index is 5.81. The van der Waals surface area contributed by atoms with Crippen LogP contribution < -0.4 is 5.32 Å². The Balaban J connectivity index is 1.95. The van der Waals surface area contributed by atoms with E-state index in [1.807, 2.05) is 14.0 Å². The van der Waals surface area contributed by atoms with Crippen molar-refractivity contribution in [3.8, 4) is 0 Å².